The molecular formula is C22H25N3O3. The van der Waals surface area contributed by atoms with Crippen molar-refractivity contribution < 1.29 is 14.7 Å². The van der Waals surface area contributed by atoms with E-state index in [0.717, 1.165) is 5.69 Å². The van der Waals surface area contributed by atoms with Crippen LogP contribution in [0.15, 0.2) is 60.0 Å². The molecule has 146 valence electrons. The summed E-state index contributed by atoms with van der Waals surface area (Å²) in [7, 11) is 3.86. The molecule has 0 bridgehead atoms. The molecule has 2 heterocycles. The predicted octanol–water partition coefficient (Wildman–Crippen LogP) is 3.66. The van der Waals surface area contributed by atoms with Crippen LogP contribution in [0.25, 0.3) is 0 Å². The van der Waals surface area contributed by atoms with E-state index in [9.17, 15) is 14.7 Å². The highest BCUT2D eigenvalue weighted by atomic mass is 16.3. The van der Waals surface area contributed by atoms with Crippen molar-refractivity contribution in [3.63, 3.8) is 0 Å². The van der Waals surface area contributed by atoms with Crippen LogP contribution in [-0.4, -0.2) is 35.9 Å². The van der Waals surface area contributed by atoms with Crippen molar-refractivity contribution in [1.82, 2.24) is 4.98 Å². The molecule has 0 saturated heterocycles. The van der Waals surface area contributed by atoms with Crippen LogP contribution >= 0.6 is 0 Å². The maximum absolute atomic E-state index is 13.1. The first kappa shape index (κ1) is 19.6. The Bertz CT molecular complexity index is 926. The minimum atomic E-state index is -0.773. The van der Waals surface area contributed by atoms with Gasteiger partial charge < -0.3 is 10.0 Å². The summed E-state index contributed by atoms with van der Waals surface area (Å²) in [5.74, 6) is -1.38. The molecule has 28 heavy (non-hydrogen) atoms. The van der Waals surface area contributed by atoms with Gasteiger partial charge >= 0.3 is 0 Å². The Hall–Kier alpha value is -3.15. The highest BCUT2D eigenvalue weighted by molar-refractivity contribution is 6.17. The predicted molar refractivity (Wildman–Crippen MR) is 109 cm³/mol. The molecule has 0 aliphatic carbocycles. The zero-order valence-electron chi connectivity index (χ0n) is 16.8. The number of hydrogen-bond acceptors (Lipinski definition) is 5. The van der Waals surface area contributed by atoms with Gasteiger partial charge in [0.2, 0.25) is 0 Å². The molecule has 1 aromatic carbocycles. The lowest BCUT2D eigenvalue weighted by molar-refractivity contribution is -0.123. The second-order valence-electron chi connectivity index (χ2n) is 8.08. The number of aliphatic hydroxyl groups excluding tert-OH is 1. The summed E-state index contributed by atoms with van der Waals surface area (Å²) in [6.07, 6.45) is 1.61. The van der Waals surface area contributed by atoms with Crippen LogP contribution in [-0.2, 0) is 9.59 Å². The third kappa shape index (κ3) is 3.38. The maximum Gasteiger partial charge on any atom is 0.294 e. The van der Waals surface area contributed by atoms with E-state index >= 15 is 0 Å². The number of aliphatic hydroxyl groups is 1. The van der Waals surface area contributed by atoms with Gasteiger partial charge in [0, 0.05) is 37.1 Å². The van der Waals surface area contributed by atoms with E-state index in [0.29, 0.717) is 11.4 Å². The van der Waals surface area contributed by atoms with Gasteiger partial charge in [0.15, 0.2) is 11.5 Å². The van der Waals surface area contributed by atoms with Crippen molar-refractivity contribution in [2.45, 2.75) is 26.8 Å². The molecule has 0 saturated carbocycles. The van der Waals surface area contributed by atoms with Gasteiger partial charge in [-0.3, -0.25) is 19.5 Å². The molecule has 2 aromatic rings. The number of anilines is 2. The highest BCUT2D eigenvalue weighted by Gasteiger charge is 2.47. The molecule has 1 N–H and O–H groups in total. The van der Waals surface area contributed by atoms with Gasteiger partial charge in [0.1, 0.15) is 6.04 Å². The first-order valence-corrected chi connectivity index (χ1v) is 9.12. The molecule has 3 rings (SSSR count). The fraction of sp³-hybridized carbons (Fsp3) is 0.318. The monoisotopic (exact) mass is 379 g/mol. The van der Waals surface area contributed by atoms with E-state index in [2.05, 4.69) is 4.98 Å². The number of carbonyl (C=O) groups excluding carboxylic acids is 2. The van der Waals surface area contributed by atoms with E-state index in [-0.39, 0.29) is 11.4 Å². The molecule has 1 unspecified atom stereocenters. The van der Waals surface area contributed by atoms with Gasteiger partial charge in [-0.1, -0.05) is 26.8 Å². The SMILES string of the molecule is CN(C)c1ccc(N2C(=O)C(O)=C(C(=O)C(C)(C)C)C2c2ccccn2)cc1. The van der Waals surface area contributed by atoms with Crippen molar-refractivity contribution in [1.29, 1.82) is 0 Å². The molecule has 1 atom stereocenters. The van der Waals surface area contributed by atoms with Gasteiger partial charge in [-0.2, -0.15) is 0 Å². The van der Waals surface area contributed by atoms with Crippen molar-refractivity contribution >= 4 is 23.1 Å². The number of nitrogens with zero attached hydrogens (tertiary/aromatic N) is 3. The second-order valence-corrected chi connectivity index (χ2v) is 8.08. The molecule has 0 spiro atoms. The van der Waals surface area contributed by atoms with Crippen molar-refractivity contribution in [3.8, 4) is 0 Å². The zero-order chi connectivity index (χ0) is 20.6. The van der Waals surface area contributed by atoms with Crippen LogP contribution in [0.5, 0.6) is 0 Å². The maximum atomic E-state index is 13.1. The minimum Gasteiger partial charge on any atom is -0.503 e. The Labute approximate surface area is 165 Å². The summed E-state index contributed by atoms with van der Waals surface area (Å²) in [5.41, 5.74) is 1.45. The summed E-state index contributed by atoms with van der Waals surface area (Å²) >= 11 is 0. The number of rotatable bonds is 4. The van der Waals surface area contributed by atoms with E-state index in [4.69, 9.17) is 0 Å². The first-order valence-electron chi connectivity index (χ1n) is 9.12. The number of carbonyl (C=O) groups is 2. The molecule has 1 aliphatic heterocycles. The number of ketones is 1. The van der Waals surface area contributed by atoms with Gasteiger partial charge in [-0.15, -0.1) is 0 Å². The van der Waals surface area contributed by atoms with Gasteiger partial charge in [0.05, 0.1) is 11.3 Å². The molecule has 1 aliphatic rings. The number of Topliss-reactive ketones (excluding diaryl/α,β-unsaturated/α-hetero) is 1. The van der Waals surface area contributed by atoms with Gasteiger partial charge in [-0.25, -0.2) is 0 Å². The Kier molecular flexibility index (Phi) is 4.98. The first-order chi connectivity index (χ1) is 13.1. The molecule has 1 amide bonds. The smallest absolute Gasteiger partial charge is 0.294 e. The molecule has 6 nitrogen and oxygen atoms in total. The summed E-state index contributed by atoms with van der Waals surface area (Å²) in [6, 6.07) is 11.9. The van der Waals surface area contributed by atoms with Gasteiger partial charge in [-0.05, 0) is 36.4 Å². The van der Waals surface area contributed by atoms with E-state index in [1.54, 1.807) is 57.3 Å². The zero-order valence-corrected chi connectivity index (χ0v) is 16.8. The highest BCUT2D eigenvalue weighted by Crippen LogP contribution is 2.42. The Morgan fingerprint density at radius 2 is 1.75 bits per heavy atom. The van der Waals surface area contributed by atoms with Crippen LogP contribution in [0.4, 0.5) is 11.4 Å². The van der Waals surface area contributed by atoms with Crippen LogP contribution in [0, 0.1) is 5.41 Å². The third-order valence-corrected chi connectivity index (χ3v) is 4.75. The molecule has 0 radical (unpaired) electrons. The lowest BCUT2D eigenvalue weighted by atomic mass is 9.83. The fourth-order valence-corrected chi connectivity index (χ4v) is 3.24. The average molecular weight is 379 g/mol. The molecule has 1 aromatic heterocycles. The average Bonchev–Trinajstić information content (AvgIpc) is 2.92. The van der Waals surface area contributed by atoms with Crippen molar-refractivity contribution in [2.75, 3.05) is 23.9 Å². The normalized spacial score (nSPS) is 17.2. The number of amides is 1. The quantitative estimate of drug-likeness (QED) is 0.877. The lowest BCUT2D eigenvalue weighted by Crippen LogP contribution is -2.33. The number of aromatic nitrogens is 1. The number of hydrogen-bond donors (Lipinski definition) is 1. The largest absolute Gasteiger partial charge is 0.503 e. The standard InChI is InChI=1S/C22H25N3O3/c1-22(2,3)20(27)17-18(16-8-6-7-13-23-16)25(21(28)19(17)26)15-11-9-14(10-12-15)24(4)5/h6-13,18,26H,1-5H3. The number of pyridine rings is 1. The summed E-state index contributed by atoms with van der Waals surface area (Å²) < 4.78 is 0. The van der Waals surface area contributed by atoms with Gasteiger partial charge in [0.25, 0.3) is 5.91 Å². The summed E-state index contributed by atoms with van der Waals surface area (Å²) in [4.78, 5) is 33.8. The third-order valence-electron chi connectivity index (χ3n) is 4.75. The topological polar surface area (TPSA) is 73.7 Å². The van der Waals surface area contributed by atoms with Crippen LogP contribution in [0.2, 0.25) is 0 Å². The fourth-order valence-electron chi connectivity index (χ4n) is 3.24. The summed E-state index contributed by atoms with van der Waals surface area (Å²) in [5, 5.41) is 10.6. The van der Waals surface area contributed by atoms with Crippen molar-refractivity contribution in [2.24, 2.45) is 5.41 Å². The van der Waals surface area contributed by atoms with Crippen LogP contribution < -0.4 is 9.80 Å². The summed E-state index contributed by atoms with van der Waals surface area (Å²) in [6.45, 7) is 5.30. The second kappa shape index (κ2) is 7.11. The number of benzene rings is 1. The molecule has 6 heteroatoms. The Morgan fingerprint density at radius 1 is 1.11 bits per heavy atom. The van der Waals surface area contributed by atoms with E-state index < -0.39 is 23.1 Å². The molecular weight excluding hydrogens is 354 g/mol. The van der Waals surface area contributed by atoms with Crippen LogP contribution in [0.1, 0.15) is 32.5 Å². The minimum absolute atomic E-state index is 0.0906. The van der Waals surface area contributed by atoms with Crippen molar-refractivity contribution in [3.05, 3.63) is 65.7 Å². The van der Waals surface area contributed by atoms with E-state index in [1.807, 2.05) is 31.1 Å². The Morgan fingerprint density at radius 3 is 2.25 bits per heavy atom. The Balaban J connectivity index is 2.15. The molecule has 0 fully saturated rings. The lowest BCUT2D eigenvalue weighted by Gasteiger charge is -2.28. The van der Waals surface area contributed by atoms with E-state index in [1.165, 1.54) is 4.90 Å². The van der Waals surface area contributed by atoms with Crippen LogP contribution in [0.3, 0.4) is 0 Å².